The first-order valence-corrected chi connectivity index (χ1v) is 8.45. The second-order valence-electron chi connectivity index (χ2n) is 6.22. The van der Waals surface area contributed by atoms with E-state index in [2.05, 4.69) is 5.32 Å². The smallest absolute Gasteiger partial charge is 0.341 e. The summed E-state index contributed by atoms with van der Waals surface area (Å²) in [5.41, 5.74) is 2.95. The molecule has 0 unspecified atom stereocenters. The molecule has 0 aliphatic heterocycles. The summed E-state index contributed by atoms with van der Waals surface area (Å²) in [5, 5.41) is 2.73. The lowest BCUT2D eigenvalue weighted by Crippen LogP contribution is -2.30. The van der Waals surface area contributed by atoms with Gasteiger partial charge in [0, 0.05) is 11.8 Å². The third-order valence-corrected chi connectivity index (χ3v) is 4.42. The second-order valence-corrected chi connectivity index (χ2v) is 6.22. The Morgan fingerprint density at radius 1 is 1.12 bits per heavy atom. The Hall–Kier alpha value is -2.89. The van der Waals surface area contributed by atoms with Gasteiger partial charge < -0.3 is 14.8 Å². The summed E-state index contributed by atoms with van der Waals surface area (Å²) >= 11 is 0. The van der Waals surface area contributed by atoms with E-state index in [0.717, 1.165) is 25.3 Å². The Bertz CT molecular complexity index is 850. The van der Waals surface area contributed by atoms with E-state index in [1.165, 1.54) is 37.3 Å². The number of rotatable bonds is 5. The molecular weight excluding hydrogens is 337 g/mol. The van der Waals surface area contributed by atoms with Crippen LogP contribution in [-0.4, -0.2) is 25.1 Å². The zero-order valence-corrected chi connectivity index (χ0v) is 14.7. The topological polar surface area (TPSA) is 64.6 Å². The molecule has 2 aromatic rings. The first-order valence-electron chi connectivity index (χ1n) is 8.45. The highest BCUT2D eigenvalue weighted by atomic mass is 19.1. The quantitative estimate of drug-likeness (QED) is 0.832. The van der Waals surface area contributed by atoms with E-state index in [1.54, 1.807) is 0 Å². The molecule has 0 saturated heterocycles. The lowest BCUT2D eigenvalue weighted by Gasteiger charge is -2.14. The molecule has 1 aliphatic carbocycles. The van der Waals surface area contributed by atoms with Crippen LogP contribution in [0.2, 0.25) is 0 Å². The normalized spacial score (nSPS) is 13.7. The van der Waals surface area contributed by atoms with Crippen molar-refractivity contribution in [3.63, 3.8) is 0 Å². The Morgan fingerprint density at radius 2 is 1.88 bits per heavy atom. The maximum absolute atomic E-state index is 13.9. The van der Waals surface area contributed by atoms with Crippen LogP contribution in [0.3, 0.4) is 0 Å². The van der Waals surface area contributed by atoms with Crippen molar-refractivity contribution in [2.75, 3.05) is 12.4 Å². The maximum atomic E-state index is 13.9. The average molecular weight is 357 g/mol. The highest BCUT2D eigenvalue weighted by Crippen LogP contribution is 2.25. The Balaban J connectivity index is 1.62. The van der Waals surface area contributed by atoms with Gasteiger partial charge in [-0.1, -0.05) is 6.07 Å². The van der Waals surface area contributed by atoms with Gasteiger partial charge in [0.25, 0.3) is 5.91 Å². The van der Waals surface area contributed by atoms with Gasteiger partial charge in [-0.3, -0.25) is 4.79 Å². The van der Waals surface area contributed by atoms with E-state index in [1.807, 2.05) is 18.2 Å². The number of hydrogen-bond acceptors (Lipinski definition) is 4. The Labute approximate surface area is 151 Å². The lowest BCUT2D eigenvalue weighted by atomic mass is 10.1. The summed E-state index contributed by atoms with van der Waals surface area (Å²) in [5.74, 6) is -1.84. The minimum absolute atomic E-state index is 0.247. The standard InChI is InChI=1S/C20H20FNO4/c1-12(26-20(24)17-9-8-16(25-2)11-18(17)21)19(23)22-15-7-6-13-4-3-5-14(13)10-15/h6-12H,3-5H2,1-2H3,(H,22,23)/t12-/m0/s1. The Kier molecular flexibility index (Phi) is 5.21. The van der Waals surface area contributed by atoms with E-state index in [4.69, 9.17) is 9.47 Å². The SMILES string of the molecule is COc1ccc(C(=O)O[C@@H](C)C(=O)Nc2ccc3c(c2)CCC3)c(F)c1. The third kappa shape index (κ3) is 3.85. The molecule has 1 amide bonds. The molecule has 3 rings (SSSR count). The minimum Gasteiger partial charge on any atom is -0.497 e. The molecular formula is C20H20FNO4. The van der Waals surface area contributed by atoms with Gasteiger partial charge in [-0.05, 0) is 61.6 Å². The van der Waals surface area contributed by atoms with Gasteiger partial charge in [0.15, 0.2) is 6.10 Å². The van der Waals surface area contributed by atoms with Crippen LogP contribution in [0, 0.1) is 5.82 Å². The van der Waals surface area contributed by atoms with Crippen LogP contribution < -0.4 is 10.1 Å². The second kappa shape index (κ2) is 7.56. The van der Waals surface area contributed by atoms with Crippen LogP contribution in [0.25, 0.3) is 0 Å². The van der Waals surface area contributed by atoms with E-state index in [0.29, 0.717) is 11.4 Å². The first-order chi connectivity index (χ1) is 12.5. The molecule has 136 valence electrons. The van der Waals surface area contributed by atoms with Crippen molar-refractivity contribution in [3.8, 4) is 5.75 Å². The Morgan fingerprint density at radius 3 is 2.62 bits per heavy atom. The van der Waals surface area contributed by atoms with Crippen LogP contribution in [0.5, 0.6) is 5.75 Å². The number of esters is 1. The van der Waals surface area contributed by atoms with E-state index >= 15 is 0 Å². The predicted molar refractivity (Wildman–Crippen MR) is 94.9 cm³/mol. The summed E-state index contributed by atoms with van der Waals surface area (Å²) in [6.45, 7) is 1.45. The van der Waals surface area contributed by atoms with Crippen LogP contribution in [-0.2, 0) is 22.4 Å². The lowest BCUT2D eigenvalue weighted by molar-refractivity contribution is -0.123. The maximum Gasteiger partial charge on any atom is 0.341 e. The van der Waals surface area contributed by atoms with Crippen molar-refractivity contribution >= 4 is 17.6 Å². The summed E-state index contributed by atoms with van der Waals surface area (Å²) in [4.78, 5) is 24.4. The molecule has 0 radical (unpaired) electrons. The third-order valence-electron chi connectivity index (χ3n) is 4.42. The number of hydrogen-bond donors (Lipinski definition) is 1. The molecule has 26 heavy (non-hydrogen) atoms. The van der Waals surface area contributed by atoms with Gasteiger partial charge in [0.1, 0.15) is 11.6 Å². The number of carbonyl (C=O) groups is 2. The molecule has 0 heterocycles. The summed E-state index contributed by atoms with van der Waals surface area (Å²) < 4.78 is 23.9. The molecule has 1 aliphatic rings. The zero-order valence-electron chi connectivity index (χ0n) is 14.7. The fraction of sp³-hybridized carbons (Fsp3) is 0.300. The average Bonchev–Trinajstić information content (AvgIpc) is 3.09. The van der Waals surface area contributed by atoms with Gasteiger partial charge in [0.05, 0.1) is 12.7 Å². The van der Waals surface area contributed by atoms with Gasteiger partial charge in [-0.2, -0.15) is 0 Å². The highest BCUT2D eigenvalue weighted by molar-refractivity contribution is 5.97. The molecule has 0 aromatic heterocycles. The highest BCUT2D eigenvalue weighted by Gasteiger charge is 2.22. The number of fused-ring (bicyclic) bond motifs is 1. The molecule has 0 fully saturated rings. The van der Waals surface area contributed by atoms with Crippen LogP contribution in [0.4, 0.5) is 10.1 Å². The minimum atomic E-state index is -1.06. The molecule has 2 aromatic carbocycles. The van der Waals surface area contributed by atoms with Crippen molar-refractivity contribution < 1.29 is 23.5 Å². The van der Waals surface area contributed by atoms with E-state index < -0.39 is 23.8 Å². The molecule has 1 atom stereocenters. The monoisotopic (exact) mass is 357 g/mol. The van der Waals surface area contributed by atoms with Crippen LogP contribution >= 0.6 is 0 Å². The van der Waals surface area contributed by atoms with Crippen molar-refractivity contribution in [3.05, 3.63) is 58.9 Å². The molecule has 0 spiro atoms. The predicted octanol–water partition coefficient (Wildman–Crippen LogP) is 3.51. The summed E-state index contributed by atoms with van der Waals surface area (Å²) in [6.07, 6.45) is 2.12. The number of aryl methyl sites for hydroxylation is 2. The van der Waals surface area contributed by atoms with E-state index in [-0.39, 0.29) is 5.56 Å². The summed E-state index contributed by atoms with van der Waals surface area (Å²) in [6, 6.07) is 9.58. The number of anilines is 1. The number of methoxy groups -OCH3 is 1. The van der Waals surface area contributed by atoms with Gasteiger partial charge in [-0.15, -0.1) is 0 Å². The van der Waals surface area contributed by atoms with Crippen molar-refractivity contribution in [1.29, 1.82) is 0 Å². The molecule has 5 nitrogen and oxygen atoms in total. The summed E-state index contributed by atoms with van der Waals surface area (Å²) in [7, 11) is 1.40. The van der Waals surface area contributed by atoms with Gasteiger partial charge in [0.2, 0.25) is 0 Å². The first kappa shape index (κ1) is 17.9. The fourth-order valence-corrected chi connectivity index (χ4v) is 2.96. The van der Waals surface area contributed by atoms with Gasteiger partial charge >= 0.3 is 5.97 Å². The number of benzene rings is 2. The molecule has 0 saturated carbocycles. The van der Waals surface area contributed by atoms with E-state index in [9.17, 15) is 14.0 Å². The van der Waals surface area contributed by atoms with Crippen molar-refractivity contribution in [2.45, 2.75) is 32.3 Å². The number of nitrogens with one attached hydrogen (secondary N) is 1. The number of carbonyl (C=O) groups excluding carboxylic acids is 2. The molecule has 1 N–H and O–H groups in total. The van der Waals surface area contributed by atoms with Crippen molar-refractivity contribution in [2.24, 2.45) is 0 Å². The fourth-order valence-electron chi connectivity index (χ4n) is 2.96. The largest absolute Gasteiger partial charge is 0.497 e. The van der Waals surface area contributed by atoms with Gasteiger partial charge in [-0.25, -0.2) is 9.18 Å². The molecule has 0 bridgehead atoms. The molecule has 6 heteroatoms. The van der Waals surface area contributed by atoms with Crippen LogP contribution in [0.1, 0.15) is 34.8 Å². The van der Waals surface area contributed by atoms with Crippen molar-refractivity contribution in [1.82, 2.24) is 0 Å². The number of ether oxygens (including phenoxy) is 2. The zero-order chi connectivity index (χ0) is 18.7. The number of amides is 1. The number of halogens is 1. The van der Waals surface area contributed by atoms with Crippen LogP contribution in [0.15, 0.2) is 36.4 Å².